The third-order valence-electron chi connectivity index (χ3n) is 6.53. The van der Waals surface area contributed by atoms with Crippen molar-refractivity contribution in [3.63, 3.8) is 0 Å². The molecule has 2 heterocycles. The summed E-state index contributed by atoms with van der Waals surface area (Å²) in [6, 6.07) is 10.8. The molecule has 1 atom stereocenters. The zero-order chi connectivity index (χ0) is 24.9. The average Bonchev–Trinajstić information content (AvgIpc) is 3.26. The molecule has 1 fully saturated rings. The van der Waals surface area contributed by atoms with Crippen molar-refractivity contribution in [1.29, 1.82) is 0 Å². The molecule has 35 heavy (non-hydrogen) atoms. The van der Waals surface area contributed by atoms with Gasteiger partial charge < -0.3 is 14.6 Å². The summed E-state index contributed by atoms with van der Waals surface area (Å²) in [5.41, 5.74) is 1.67. The lowest BCUT2D eigenvalue weighted by molar-refractivity contribution is -0.120. The van der Waals surface area contributed by atoms with E-state index in [0.717, 1.165) is 18.4 Å². The van der Waals surface area contributed by atoms with Crippen LogP contribution in [0.2, 0.25) is 0 Å². The number of amides is 1. The van der Waals surface area contributed by atoms with Crippen molar-refractivity contribution in [1.82, 2.24) is 15.1 Å². The summed E-state index contributed by atoms with van der Waals surface area (Å²) in [5, 5.41) is 11.0. The van der Waals surface area contributed by atoms with E-state index in [1.165, 1.54) is 18.2 Å². The Bertz CT molecular complexity index is 1160. The second kappa shape index (κ2) is 10.9. The van der Waals surface area contributed by atoms with E-state index >= 15 is 4.39 Å². The highest BCUT2D eigenvalue weighted by Crippen LogP contribution is 2.31. The fourth-order valence-corrected chi connectivity index (χ4v) is 4.57. The van der Waals surface area contributed by atoms with Crippen LogP contribution in [0, 0.1) is 24.5 Å². The van der Waals surface area contributed by atoms with Crippen LogP contribution in [0.3, 0.4) is 0 Å². The number of hydrogen-bond acceptors (Lipinski definition) is 6. The van der Waals surface area contributed by atoms with Gasteiger partial charge in [-0.15, -0.1) is 10.2 Å². The van der Waals surface area contributed by atoms with Crippen LogP contribution in [-0.2, 0) is 4.79 Å². The Hall–Kier alpha value is -3.33. The van der Waals surface area contributed by atoms with Crippen molar-refractivity contribution >= 4 is 17.3 Å². The normalized spacial score (nSPS) is 15.4. The van der Waals surface area contributed by atoms with Crippen molar-refractivity contribution in [2.24, 2.45) is 5.92 Å². The number of aromatic nitrogens is 2. The number of rotatable bonds is 8. The summed E-state index contributed by atoms with van der Waals surface area (Å²) < 4.78 is 34.7. The van der Waals surface area contributed by atoms with Crippen LogP contribution in [0.5, 0.6) is 0 Å². The van der Waals surface area contributed by atoms with E-state index in [0.29, 0.717) is 49.3 Å². The van der Waals surface area contributed by atoms with Gasteiger partial charge in [0.25, 0.3) is 0 Å². The molecule has 1 amide bonds. The lowest BCUT2D eigenvalue weighted by Gasteiger charge is -2.39. The first-order valence-electron chi connectivity index (χ1n) is 12.0. The Labute approximate surface area is 204 Å². The Balaban J connectivity index is 1.47. The first-order valence-corrected chi connectivity index (χ1v) is 12.0. The predicted octanol–water partition coefficient (Wildman–Crippen LogP) is 4.94. The highest BCUT2D eigenvalue weighted by molar-refractivity contribution is 5.92. The summed E-state index contributed by atoms with van der Waals surface area (Å²) >= 11 is 0. The van der Waals surface area contributed by atoms with Crippen LogP contribution in [0.1, 0.15) is 50.1 Å². The van der Waals surface area contributed by atoms with Crippen LogP contribution in [0.25, 0.3) is 0 Å². The van der Waals surface area contributed by atoms with Gasteiger partial charge in [0.15, 0.2) is 0 Å². The minimum atomic E-state index is -0.387. The molecule has 7 nitrogen and oxygen atoms in total. The number of carbonyl (C=O) groups is 1. The molecule has 3 aromatic rings. The van der Waals surface area contributed by atoms with Crippen LogP contribution >= 0.6 is 0 Å². The van der Waals surface area contributed by atoms with Gasteiger partial charge in [0.2, 0.25) is 17.7 Å². The summed E-state index contributed by atoms with van der Waals surface area (Å²) in [6.07, 6.45) is 1.49. The topological polar surface area (TPSA) is 74.5 Å². The zero-order valence-corrected chi connectivity index (χ0v) is 20.3. The number of hydrogen-bond donors (Lipinski definition) is 1. The van der Waals surface area contributed by atoms with Gasteiger partial charge in [-0.05, 0) is 48.7 Å². The highest BCUT2D eigenvalue weighted by atomic mass is 19.1. The molecule has 1 N–H and O–H groups in total. The number of benzene rings is 2. The molecule has 186 valence electrons. The lowest BCUT2D eigenvalue weighted by atomic mass is 10.0. The molecule has 1 aliphatic heterocycles. The molecular weight excluding hydrogens is 452 g/mol. The molecule has 1 aromatic heterocycles. The number of piperazine rings is 1. The van der Waals surface area contributed by atoms with Crippen molar-refractivity contribution in [3.8, 4) is 0 Å². The molecule has 1 aliphatic rings. The summed E-state index contributed by atoms with van der Waals surface area (Å²) in [7, 11) is 0. The highest BCUT2D eigenvalue weighted by Gasteiger charge is 2.31. The molecule has 1 unspecified atom stereocenters. The van der Waals surface area contributed by atoms with Gasteiger partial charge in [-0.25, -0.2) is 8.78 Å². The molecule has 0 saturated carbocycles. The van der Waals surface area contributed by atoms with E-state index in [9.17, 15) is 9.18 Å². The zero-order valence-electron chi connectivity index (χ0n) is 20.3. The quantitative estimate of drug-likeness (QED) is 0.489. The minimum Gasteiger partial charge on any atom is -0.423 e. The maximum atomic E-state index is 15.0. The van der Waals surface area contributed by atoms with E-state index in [-0.39, 0.29) is 29.5 Å². The van der Waals surface area contributed by atoms with Gasteiger partial charge >= 0.3 is 0 Å². The number of halogens is 2. The second-order valence-corrected chi connectivity index (χ2v) is 8.81. The Morgan fingerprint density at radius 1 is 1.06 bits per heavy atom. The Morgan fingerprint density at radius 3 is 2.40 bits per heavy atom. The molecule has 9 heteroatoms. The molecule has 1 saturated heterocycles. The molecule has 0 aliphatic carbocycles. The van der Waals surface area contributed by atoms with Gasteiger partial charge in [-0.2, -0.15) is 0 Å². The van der Waals surface area contributed by atoms with E-state index in [4.69, 9.17) is 4.42 Å². The van der Waals surface area contributed by atoms with Gasteiger partial charge in [0, 0.05) is 44.7 Å². The maximum Gasteiger partial charge on any atom is 0.238 e. The minimum absolute atomic E-state index is 0.0838. The van der Waals surface area contributed by atoms with Crippen molar-refractivity contribution in [2.75, 3.05) is 36.4 Å². The average molecular weight is 484 g/mol. The number of carbonyl (C=O) groups excluding carboxylic acids is 1. The molecule has 0 bridgehead atoms. The van der Waals surface area contributed by atoms with E-state index < -0.39 is 0 Å². The fraction of sp³-hybridized carbons (Fsp3) is 0.423. The first kappa shape index (κ1) is 24.8. The van der Waals surface area contributed by atoms with Crippen molar-refractivity contribution in [3.05, 3.63) is 71.4 Å². The molecule has 0 radical (unpaired) electrons. The predicted molar refractivity (Wildman–Crippen MR) is 130 cm³/mol. The van der Waals surface area contributed by atoms with Crippen LogP contribution in [-0.4, -0.2) is 47.2 Å². The van der Waals surface area contributed by atoms with E-state index in [1.54, 1.807) is 25.1 Å². The van der Waals surface area contributed by atoms with Crippen molar-refractivity contribution in [2.45, 2.75) is 39.7 Å². The van der Waals surface area contributed by atoms with Gasteiger partial charge in [-0.1, -0.05) is 26.0 Å². The van der Waals surface area contributed by atoms with E-state index in [1.807, 2.05) is 24.8 Å². The monoisotopic (exact) mass is 483 g/mol. The van der Waals surface area contributed by atoms with Gasteiger partial charge in [0.1, 0.15) is 17.7 Å². The largest absolute Gasteiger partial charge is 0.423 e. The number of nitrogens with zero attached hydrogens (tertiary/aromatic N) is 4. The van der Waals surface area contributed by atoms with Gasteiger partial charge in [0.05, 0.1) is 5.69 Å². The smallest absolute Gasteiger partial charge is 0.238 e. The number of nitrogens with one attached hydrogen (secondary N) is 1. The third kappa shape index (κ3) is 5.67. The number of anilines is 2. The maximum absolute atomic E-state index is 15.0. The third-order valence-corrected chi connectivity index (χ3v) is 6.53. The Kier molecular flexibility index (Phi) is 7.75. The Morgan fingerprint density at radius 2 is 1.80 bits per heavy atom. The second-order valence-electron chi connectivity index (χ2n) is 8.81. The van der Waals surface area contributed by atoms with Crippen LogP contribution < -0.4 is 10.2 Å². The summed E-state index contributed by atoms with van der Waals surface area (Å²) in [4.78, 5) is 16.5. The van der Waals surface area contributed by atoms with Crippen LogP contribution in [0.4, 0.5) is 20.2 Å². The SMILES string of the molecule is CCC(CC)C(=O)Nc1ccc(N2CCN(C(c3cccc(F)c3)c3nnc(C)o3)CC2)c(F)c1. The summed E-state index contributed by atoms with van der Waals surface area (Å²) in [6.45, 7) is 7.97. The fourth-order valence-electron chi connectivity index (χ4n) is 4.57. The van der Waals surface area contributed by atoms with E-state index in [2.05, 4.69) is 20.4 Å². The molecular formula is C26H31F2N5O2. The lowest BCUT2D eigenvalue weighted by Crippen LogP contribution is -2.48. The first-order chi connectivity index (χ1) is 16.9. The molecule has 0 spiro atoms. The molecule has 4 rings (SSSR count). The number of aryl methyl sites for hydroxylation is 1. The molecule has 2 aromatic carbocycles. The van der Waals surface area contributed by atoms with Crippen LogP contribution in [0.15, 0.2) is 46.9 Å². The van der Waals surface area contributed by atoms with Crippen molar-refractivity contribution < 1.29 is 18.0 Å². The summed E-state index contributed by atoms with van der Waals surface area (Å²) in [5.74, 6) is -0.0329. The standard InChI is InChI=1S/C26H31F2N5O2/c1-4-18(5-2)25(34)29-21-9-10-23(22(28)16-21)32-11-13-33(14-12-32)24(26-31-30-17(3)35-26)19-7-6-8-20(27)15-19/h6-10,15-16,18,24H,4-5,11-14H2,1-3H3,(H,29,34). The van der Waals surface area contributed by atoms with Gasteiger partial charge in [-0.3, -0.25) is 9.69 Å².